The van der Waals surface area contributed by atoms with Gasteiger partial charge in [0.2, 0.25) is 0 Å². The molecule has 0 aliphatic heterocycles. The summed E-state index contributed by atoms with van der Waals surface area (Å²) >= 11 is 0. The minimum absolute atomic E-state index is 0.100. The second-order valence-corrected chi connectivity index (χ2v) is 3.46. The molecule has 15 heavy (non-hydrogen) atoms. The SMILES string of the molecule is CCC(CC)(CN)OC(=O)CCC(=O)O. The molecule has 0 radical (unpaired) electrons. The number of carbonyl (C=O) groups excluding carboxylic acids is 1. The summed E-state index contributed by atoms with van der Waals surface area (Å²) < 4.78 is 5.21. The van der Waals surface area contributed by atoms with Gasteiger partial charge in [0, 0.05) is 6.54 Å². The lowest BCUT2D eigenvalue weighted by atomic mass is 9.97. The first-order chi connectivity index (χ1) is 6.99. The summed E-state index contributed by atoms with van der Waals surface area (Å²) in [6.07, 6.45) is 0.974. The number of esters is 1. The predicted molar refractivity (Wildman–Crippen MR) is 55.3 cm³/mol. The van der Waals surface area contributed by atoms with Crippen LogP contribution >= 0.6 is 0 Å². The van der Waals surface area contributed by atoms with E-state index in [9.17, 15) is 9.59 Å². The van der Waals surface area contributed by atoms with Crippen LogP contribution < -0.4 is 5.73 Å². The number of carboxylic acids is 1. The number of hydrogen-bond acceptors (Lipinski definition) is 4. The Morgan fingerprint density at radius 2 is 1.80 bits per heavy atom. The molecular formula is C10H19NO4. The fourth-order valence-corrected chi connectivity index (χ4v) is 1.23. The third kappa shape index (κ3) is 4.78. The van der Waals surface area contributed by atoms with Gasteiger partial charge < -0.3 is 15.6 Å². The monoisotopic (exact) mass is 217 g/mol. The van der Waals surface area contributed by atoms with Gasteiger partial charge in [-0.05, 0) is 12.8 Å². The third-order valence-corrected chi connectivity index (χ3v) is 2.53. The molecule has 0 aromatic rings. The smallest absolute Gasteiger partial charge is 0.306 e. The number of carbonyl (C=O) groups is 2. The highest BCUT2D eigenvalue weighted by Crippen LogP contribution is 2.19. The zero-order valence-electron chi connectivity index (χ0n) is 9.28. The van der Waals surface area contributed by atoms with E-state index < -0.39 is 17.5 Å². The Kier molecular flexibility index (Phi) is 5.93. The van der Waals surface area contributed by atoms with Crippen molar-refractivity contribution in [2.75, 3.05) is 6.54 Å². The van der Waals surface area contributed by atoms with Gasteiger partial charge in [-0.15, -0.1) is 0 Å². The van der Waals surface area contributed by atoms with Gasteiger partial charge in [0.1, 0.15) is 5.60 Å². The van der Waals surface area contributed by atoms with E-state index in [1.807, 2.05) is 13.8 Å². The van der Waals surface area contributed by atoms with Crippen molar-refractivity contribution in [3.8, 4) is 0 Å². The molecule has 0 fully saturated rings. The normalized spacial score (nSPS) is 11.1. The largest absolute Gasteiger partial charge is 0.481 e. The highest BCUT2D eigenvalue weighted by atomic mass is 16.6. The maximum absolute atomic E-state index is 11.3. The van der Waals surface area contributed by atoms with Gasteiger partial charge in [-0.2, -0.15) is 0 Å². The average Bonchev–Trinajstić information content (AvgIpc) is 2.23. The molecule has 3 N–H and O–H groups in total. The van der Waals surface area contributed by atoms with Crippen LogP contribution in [0.1, 0.15) is 39.5 Å². The van der Waals surface area contributed by atoms with E-state index >= 15 is 0 Å². The van der Waals surface area contributed by atoms with Crippen molar-refractivity contribution in [3.63, 3.8) is 0 Å². The average molecular weight is 217 g/mol. The molecule has 0 bridgehead atoms. The molecule has 88 valence electrons. The van der Waals surface area contributed by atoms with Gasteiger partial charge in [-0.1, -0.05) is 13.8 Å². The summed E-state index contributed by atoms with van der Waals surface area (Å²) in [5.41, 5.74) is 4.91. The van der Waals surface area contributed by atoms with Crippen LogP contribution in [0.3, 0.4) is 0 Å². The Balaban J connectivity index is 4.17. The first kappa shape index (κ1) is 13.9. The van der Waals surface area contributed by atoms with Crippen LogP contribution in [-0.4, -0.2) is 29.2 Å². The van der Waals surface area contributed by atoms with Crippen LogP contribution in [0.4, 0.5) is 0 Å². The van der Waals surface area contributed by atoms with Crippen molar-refractivity contribution in [1.82, 2.24) is 0 Å². The third-order valence-electron chi connectivity index (χ3n) is 2.53. The van der Waals surface area contributed by atoms with E-state index in [1.54, 1.807) is 0 Å². The lowest BCUT2D eigenvalue weighted by Crippen LogP contribution is -2.41. The molecule has 0 unspecified atom stereocenters. The molecule has 0 rings (SSSR count). The van der Waals surface area contributed by atoms with Crippen LogP contribution in [0.15, 0.2) is 0 Å². The van der Waals surface area contributed by atoms with E-state index in [-0.39, 0.29) is 19.4 Å². The Morgan fingerprint density at radius 3 is 2.13 bits per heavy atom. The Bertz CT molecular complexity index is 215. The molecule has 0 spiro atoms. The second kappa shape index (κ2) is 6.40. The van der Waals surface area contributed by atoms with Crippen molar-refractivity contribution in [3.05, 3.63) is 0 Å². The Hall–Kier alpha value is -1.10. The molecule has 5 nitrogen and oxygen atoms in total. The van der Waals surface area contributed by atoms with Crippen molar-refractivity contribution in [2.24, 2.45) is 5.73 Å². The molecule has 0 aliphatic rings. The fourth-order valence-electron chi connectivity index (χ4n) is 1.23. The van der Waals surface area contributed by atoms with E-state index in [4.69, 9.17) is 15.6 Å². The zero-order valence-corrected chi connectivity index (χ0v) is 9.28. The highest BCUT2D eigenvalue weighted by molar-refractivity contribution is 5.76. The highest BCUT2D eigenvalue weighted by Gasteiger charge is 2.28. The summed E-state index contributed by atoms with van der Waals surface area (Å²) in [5, 5.41) is 8.40. The summed E-state index contributed by atoms with van der Waals surface area (Å²) in [6.45, 7) is 4.04. The van der Waals surface area contributed by atoms with E-state index in [0.717, 1.165) is 0 Å². The minimum Gasteiger partial charge on any atom is -0.481 e. The quantitative estimate of drug-likeness (QED) is 0.619. The van der Waals surface area contributed by atoms with Crippen LogP contribution in [0, 0.1) is 0 Å². The maximum atomic E-state index is 11.3. The lowest BCUT2D eigenvalue weighted by molar-refractivity contribution is -0.161. The summed E-state index contributed by atoms with van der Waals surface area (Å²) in [6, 6.07) is 0. The van der Waals surface area contributed by atoms with Crippen LogP contribution in [0.2, 0.25) is 0 Å². The summed E-state index contributed by atoms with van der Waals surface area (Å²) in [5.74, 6) is -1.50. The predicted octanol–water partition coefficient (Wildman–Crippen LogP) is 0.912. The molecule has 0 amide bonds. The maximum Gasteiger partial charge on any atom is 0.306 e. The van der Waals surface area contributed by atoms with Gasteiger partial charge in [0.25, 0.3) is 0 Å². The lowest BCUT2D eigenvalue weighted by Gasteiger charge is -2.29. The second-order valence-electron chi connectivity index (χ2n) is 3.46. The van der Waals surface area contributed by atoms with E-state index in [1.165, 1.54) is 0 Å². The topological polar surface area (TPSA) is 89.6 Å². The molecule has 0 aromatic carbocycles. The Labute approximate surface area is 89.6 Å². The van der Waals surface area contributed by atoms with Crippen molar-refractivity contribution in [2.45, 2.75) is 45.1 Å². The molecule has 0 atom stereocenters. The molecule has 0 aliphatic carbocycles. The molecule has 5 heteroatoms. The fraction of sp³-hybridized carbons (Fsp3) is 0.800. The van der Waals surface area contributed by atoms with Gasteiger partial charge in [-0.25, -0.2) is 0 Å². The Morgan fingerprint density at radius 1 is 1.27 bits per heavy atom. The van der Waals surface area contributed by atoms with Crippen LogP contribution in [0.25, 0.3) is 0 Å². The van der Waals surface area contributed by atoms with Crippen LogP contribution in [-0.2, 0) is 14.3 Å². The molecule has 0 heterocycles. The number of carboxylic acid groups (broad SMARTS) is 1. The van der Waals surface area contributed by atoms with Gasteiger partial charge >= 0.3 is 11.9 Å². The van der Waals surface area contributed by atoms with Gasteiger partial charge in [0.05, 0.1) is 12.8 Å². The van der Waals surface area contributed by atoms with Crippen molar-refractivity contribution >= 4 is 11.9 Å². The van der Waals surface area contributed by atoms with Crippen molar-refractivity contribution in [1.29, 1.82) is 0 Å². The van der Waals surface area contributed by atoms with Crippen LogP contribution in [0.5, 0.6) is 0 Å². The molecule has 0 saturated heterocycles. The molecule has 0 saturated carbocycles. The minimum atomic E-state index is -1.00. The summed E-state index contributed by atoms with van der Waals surface area (Å²) in [4.78, 5) is 21.5. The van der Waals surface area contributed by atoms with E-state index in [2.05, 4.69) is 0 Å². The molecule has 0 aromatic heterocycles. The van der Waals surface area contributed by atoms with Gasteiger partial charge in [0.15, 0.2) is 0 Å². The number of nitrogens with two attached hydrogens (primary N) is 1. The molecular weight excluding hydrogens is 198 g/mol. The van der Waals surface area contributed by atoms with Crippen molar-refractivity contribution < 1.29 is 19.4 Å². The summed E-state index contributed by atoms with van der Waals surface area (Å²) in [7, 11) is 0. The number of hydrogen-bond donors (Lipinski definition) is 2. The van der Waals surface area contributed by atoms with Gasteiger partial charge in [-0.3, -0.25) is 9.59 Å². The first-order valence-electron chi connectivity index (χ1n) is 5.13. The number of aliphatic carboxylic acids is 1. The zero-order chi connectivity index (χ0) is 11.9. The number of ether oxygens (including phenoxy) is 1. The van der Waals surface area contributed by atoms with E-state index in [0.29, 0.717) is 12.8 Å². The first-order valence-corrected chi connectivity index (χ1v) is 5.13. The number of rotatable bonds is 7. The standard InChI is InChI=1S/C10H19NO4/c1-3-10(4-2,7-11)15-9(14)6-5-8(12)13/h3-7,11H2,1-2H3,(H,12,13).